The molecule has 182 valence electrons. The number of amides is 1. The van der Waals surface area contributed by atoms with Gasteiger partial charge in [-0.1, -0.05) is 12.1 Å². The molecule has 3 aromatic carbocycles. The molecule has 35 heavy (non-hydrogen) atoms. The van der Waals surface area contributed by atoms with Crippen molar-refractivity contribution in [1.82, 2.24) is 15.1 Å². The first-order valence-electron chi connectivity index (χ1n) is 10.6. The largest absolute Gasteiger partial charge is 0.471 e. The van der Waals surface area contributed by atoms with Crippen LogP contribution in [0.25, 0.3) is 16.6 Å². The molecule has 2 N–H and O–H groups in total. The molecular formula is C25H20F5N3O2. The van der Waals surface area contributed by atoms with Crippen LogP contribution in [-0.4, -0.2) is 39.6 Å². The second-order valence-electron chi connectivity index (χ2n) is 8.09. The van der Waals surface area contributed by atoms with Gasteiger partial charge in [0.25, 0.3) is 0 Å². The Labute approximate surface area is 196 Å². The fourth-order valence-corrected chi connectivity index (χ4v) is 4.13. The van der Waals surface area contributed by atoms with E-state index in [1.165, 1.54) is 30.3 Å². The fraction of sp³-hybridized carbons (Fsp3) is 0.200. The third kappa shape index (κ3) is 5.02. The highest BCUT2D eigenvalue weighted by molar-refractivity contribution is 5.83. The van der Waals surface area contributed by atoms with E-state index in [4.69, 9.17) is 0 Å². The lowest BCUT2D eigenvalue weighted by Crippen LogP contribution is -2.47. The number of aliphatic hydroxyl groups excluding tert-OH is 1. The van der Waals surface area contributed by atoms with Gasteiger partial charge in [-0.15, -0.1) is 0 Å². The van der Waals surface area contributed by atoms with Crippen LogP contribution in [0, 0.1) is 18.6 Å². The Morgan fingerprint density at radius 2 is 1.71 bits per heavy atom. The number of carbonyl (C=O) groups is 1. The van der Waals surface area contributed by atoms with Crippen molar-refractivity contribution in [2.45, 2.75) is 25.1 Å². The molecule has 4 rings (SSSR count). The maximum absolute atomic E-state index is 13.8. The highest BCUT2D eigenvalue weighted by Gasteiger charge is 2.41. The highest BCUT2D eigenvalue weighted by atomic mass is 19.4. The summed E-state index contributed by atoms with van der Waals surface area (Å²) in [5.74, 6) is -4.04. The molecule has 10 heteroatoms. The first-order valence-corrected chi connectivity index (χ1v) is 10.6. The van der Waals surface area contributed by atoms with Crippen molar-refractivity contribution in [1.29, 1.82) is 0 Å². The maximum atomic E-state index is 13.8. The topological polar surface area (TPSA) is 67.2 Å². The number of aryl methyl sites for hydroxylation is 1. The van der Waals surface area contributed by atoms with Crippen LogP contribution in [0.4, 0.5) is 22.0 Å². The van der Waals surface area contributed by atoms with Gasteiger partial charge in [-0.25, -0.2) is 13.5 Å². The zero-order valence-electron chi connectivity index (χ0n) is 18.4. The summed E-state index contributed by atoms with van der Waals surface area (Å²) in [6.45, 7) is 0.798. The third-order valence-corrected chi connectivity index (χ3v) is 5.76. The SMILES string of the molecule is Cc1cc(F)ccc1C(c1ccc2c(cnn2-c2ccc(F)cc2)c1)C(CO)NC(=O)C(F)(F)F. The second-order valence-corrected chi connectivity index (χ2v) is 8.09. The van der Waals surface area contributed by atoms with Crippen LogP contribution in [0.15, 0.2) is 66.9 Å². The zero-order valence-corrected chi connectivity index (χ0v) is 18.4. The molecule has 0 aliphatic carbocycles. The van der Waals surface area contributed by atoms with Crippen LogP contribution < -0.4 is 5.32 Å². The van der Waals surface area contributed by atoms with Gasteiger partial charge in [0.1, 0.15) is 11.6 Å². The molecule has 0 bridgehead atoms. The van der Waals surface area contributed by atoms with E-state index in [0.29, 0.717) is 33.3 Å². The summed E-state index contributed by atoms with van der Waals surface area (Å²) in [6.07, 6.45) is -3.60. The van der Waals surface area contributed by atoms with Gasteiger partial charge >= 0.3 is 12.1 Å². The molecule has 0 saturated heterocycles. The number of hydrogen-bond donors (Lipinski definition) is 2. The summed E-state index contributed by atoms with van der Waals surface area (Å²) in [7, 11) is 0. The number of aliphatic hydroxyl groups is 1. The van der Waals surface area contributed by atoms with Crippen LogP contribution in [0.3, 0.4) is 0 Å². The summed E-state index contributed by atoms with van der Waals surface area (Å²) in [4.78, 5) is 11.7. The van der Waals surface area contributed by atoms with Gasteiger partial charge in [-0.05, 0) is 72.1 Å². The van der Waals surface area contributed by atoms with E-state index >= 15 is 0 Å². The minimum Gasteiger partial charge on any atom is -0.394 e. The molecule has 1 aromatic heterocycles. The number of halogens is 5. The van der Waals surface area contributed by atoms with Crippen molar-refractivity contribution in [3.63, 3.8) is 0 Å². The second kappa shape index (κ2) is 9.46. The molecule has 2 atom stereocenters. The van der Waals surface area contributed by atoms with Crippen LogP contribution in [0.5, 0.6) is 0 Å². The van der Waals surface area contributed by atoms with E-state index in [2.05, 4.69) is 5.10 Å². The average molecular weight is 489 g/mol. The van der Waals surface area contributed by atoms with Crippen molar-refractivity contribution in [2.24, 2.45) is 0 Å². The Morgan fingerprint density at radius 1 is 1.03 bits per heavy atom. The van der Waals surface area contributed by atoms with Gasteiger partial charge in [-0.3, -0.25) is 4.79 Å². The predicted octanol–water partition coefficient (Wildman–Crippen LogP) is 4.78. The van der Waals surface area contributed by atoms with E-state index < -0.39 is 42.3 Å². The molecule has 4 aromatic rings. The number of benzene rings is 3. The van der Waals surface area contributed by atoms with Crippen LogP contribution in [0.1, 0.15) is 22.6 Å². The molecule has 0 aliphatic heterocycles. The van der Waals surface area contributed by atoms with Crippen LogP contribution in [0.2, 0.25) is 0 Å². The summed E-state index contributed by atoms with van der Waals surface area (Å²) in [5, 5.41) is 16.8. The predicted molar refractivity (Wildman–Crippen MR) is 119 cm³/mol. The minimum absolute atomic E-state index is 0.402. The first kappa shape index (κ1) is 24.3. The quantitative estimate of drug-likeness (QED) is 0.383. The van der Waals surface area contributed by atoms with Crippen molar-refractivity contribution in [3.05, 3.63) is 95.2 Å². The van der Waals surface area contributed by atoms with Crippen molar-refractivity contribution in [3.8, 4) is 5.69 Å². The van der Waals surface area contributed by atoms with Crippen molar-refractivity contribution in [2.75, 3.05) is 6.61 Å². The Morgan fingerprint density at radius 3 is 2.34 bits per heavy atom. The van der Waals surface area contributed by atoms with E-state index in [1.807, 2.05) is 5.32 Å². The minimum atomic E-state index is -5.14. The number of rotatable bonds is 6. The van der Waals surface area contributed by atoms with Gasteiger partial charge < -0.3 is 10.4 Å². The van der Waals surface area contributed by atoms with Gasteiger partial charge in [0, 0.05) is 11.3 Å². The van der Waals surface area contributed by atoms with Gasteiger partial charge in [0.05, 0.1) is 30.0 Å². The Balaban J connectivity index is 1.81. The molecule has 0 saturated carbocycles. The molecule has 0 aliphatic rings. The lowest BCUT2D eigenvalue weighted by molar-refractivity contribution is -0.174. The lowest BCUT2D eigenvalue weighted by Gasteiger charge is -2.29. The number of nitrogens with one attached hydrogen (secondary N) is 1. The van der Waals surface area contributed by atoms with E-state index in [0.717, 1.165) is 0 Å². The summed E-state index contributed by atoms with van der Waals surface area (Å²) in [5.41, 5.74) is 2.61. The smallest absolute Gasteiger partial charge is 0.394 e. The van der Waals surface area contributed by atoms with Gasteiger partial charge in [0.2, 0.25) is 0 Å². The molecule has 1 amide bonds. The zero-order chi connectivity index (χ0) is 25.3. The molecular weight excluding hydrogens is 469 g/mol. The monoisotopic (exact) mass is 489 g/mol. The fourth-order valence-electron chi connectivity index (χ4n) is 4.13. The van der Waals surface area contributed by atoms with E-state index in [1.54, 1.807) is 48.1 Å². The molecule has 0 radical (unpaired) electrons. The Bertz CT molecular complexity index is 1370. The Kier molecular flexibility index (Phi) is 6.58. The van der Waals surface area contributed by atoms with Crippen LogP contribution >= 0.6 is 0 Å². The highest BCUT2D eigenvalue weighted by Crippen LogP contribution is 2.34. The first-order chi connectivity index (χ1) is 16.6. The summed E-state index contributed by atoms with van der Waals surface area (Å²) >= 11 is 0. The summed E-state index contributed by atoms with van der Waals surface area (Å²) < 4.78 is 67.5. The van der Waals surface area contributed by atoms with E-state index in [-0.39, 0.29) is 0 Å². The van der Waals surface area contributed by atoms with E-state index in [9.17, 15) is 31.9 Å². The lowest BCUT2D eigenvalue weighted by atomic mass is 9.82. The van der Waals surface area contributed by atoms with Crippen molar-refractivity contribution < 1.29 is 31.9 Å². The van der Waals surface area contributed by atoms with Crippen molar-refractivity contribution >= 4 is 16.8 Å². The standard InChI is InChI=1S/C25H20F5N3O2/c1-14-10-18(27)5-8-20(14)23(21(13-34)32-24(35)25(28,29)30)15-2-9-22-16(11-15)12-31-33(22)19-6-3-17(26)4-7-19/h2-12,21,23,34H,13H2,1H3,(H,32,35). The number of alkyl halides is 3. The molecule has 2 unspecified atom stereocenters. The Hall–Kier alpha value is -3.79. The summed E-state index contributed by atoms with van der Waals surface area (Å²) in [6, 6.07) is 13.2. The number of nitrogens with zero attached hydrogens (tertiary/aromatic N) is 2. The number of hydrogen-bond acceptors (Lipinski definition) is 3. The number of carbonyl (C=O) groups excluding carboxylic acids is 1. The molecule has 0 fully saturated rings. The molecule has 0 spiro atoms. The molecule has 1 heterocycles. The number of aromatic nitrogens is 2. The average Bonchev–Trinajstić information content (AvgIpc) is 3.23. The van der Waals surface area contributed by atoms with Gasteiger partial charge in [0.15, 0.2) is 0 Å². The third-order valence-electron chi connectivity index (χ3n) is 5.76. The number of fused-ring (bicyclic) bond motifs is 1. The van der Waals surface area contributed by atoms with Gasteiger partial charge in [-0.2, -0.15) is 18.3 Å². The normalized spacial score (nSPS) is 13.6. The molecule has 5 nitrogen and oxygen atoms in total. The maximum Gasteiger partial charge on any atom is 0.471 e. The van der Waals surface area contributed by atoms with Crippen LogP contribution in [-0.2, 0) is 4.79 Å².